The van der Waals surface area contributed by atoms with Crippen molar-refractivity contribution >= 4 is 26.7 Å². The SMILES string of the molecule is Cc1cc2c(Br)ccc(O)c2cn1.c1ccc(COC2CCC2)cc1. The molecule has 2 aromatic carbocycles. The molecule has 1 aliphatic carbocycles. The summed E-state index contributed by atoms with van der Waals surface area (Å²) in [7, 11) is 0. The van der Waals surface area contributed by atoms with Crippen molar-refractivity contribution in [3.63, 3.8) is 0 Å². The molecule has 0 bridgehead atoms. The Morgan fingerprint density at radius 1 is 1.12 bits per heavy atom. The van der Waals surface area contributed by atoms with Crippen LogP contribution in [0, 0.1) is 6.92 Å². The maximum Gasteiger partial charge on any atom is 0.125 e. The maximum absolute atomic E-state index is 9.53. The van der Waals surface area contributed by atoms with Gasteiger partial charge in [0.15, 0.2) is 0 Å². The number of hydrogen-bond donors (Lipinski definition) is 1. The topological polar surface area (TPSA) is 42.4 Å². The van der Waals surface area contributed by atoms with Gasteiger partial charge in [0.05, 0.1) is 12.7 Å². The molecule has 0 amide bonds. The Labute approximate surface area is 156 Å². The number of rotatable bonds is 3. The van der Waals surface area contributed by atoms with E-state index in [9.17, 15) is 5.11 Å². The molecule has 1 heterocycles. The second-order valence-electron chi connectivity index (χ2n) is 6.29. The summed E-state index contributed by atoms with van der Waals surface area (Å²) in [6.07, 6.45) is 6.09. The van der Waals surface area contributed by atoms with Gasteiger partial charge in [-0.05, 0) is 49.9 Å². The minimum atomic E-state index is 0.269. The lowest BCUT2D eigenvalue weighted by Gasteiger charge is -2.25. The van der Waals surface area contributed by atoms with Crippen LogP contribution in [0.15, 0.2) is 59.2 Å². The molecule has 0 unspecified atom stereocenters. The van der Waals surface area contributed by atoms with E-state index in [1.165, 1.54) is 24.8 Å². The number of phenolic OH excluding ortho intramolecular Hbond substituents is 1. The van der Waals surface area contributed by atoms with Gasteiger partial charge in [0.2, 0.25) is 0 Å². The number of ether oxygens (including phenoxy) is 1. The van der Waals surface area contributed by atoms with Crippen molar-refractivity contribution in [3.8, 4) is 5.75 Å². The van der Waals surface area contributed by atoms with Crippen LogP contribution in [0.3, 0.4) is 0 Å². The third kappa shape index (κ3) is 4.80. The first-order valence-corrected chi connectivity index (χ1v) is 9.32. The molecule has 0 atom stereocenters. The van der Waals surface area contributed by atoms with Gasteiger partial charge in [-0.2, -0.15) is 0 Å². The maximum atomic E-state index is 9.53. The van der Waals surface area contributed by atoms with E-state index < -0.39 is 0 Å². The number of aromatic hydroxyl groups is 1. The van der Waals surface area contributed by atoms with E-state index in [2.05, 4.69) is 45.2 Å². The largest absolute Gasteiger partial charge is 0.507 e. The zero-order valence-corrected chi connectivity index (χ0v) is 15.9. The summed E-state index contributed by atoms with van der Waals surface area (Å²) in [6.45, 7) is 2.71. The highest BCUT2D eigenvalue weighted by atomic mass is 79.9. The van der Waals surface area contributed by atoms with Crippen LogP contribution in [0.5, 0.6) is 5.75 Å². The summed E-state index contributed by atoms with van der Waals surface area (Å²) < 4.78 is 6.64. The quantitative estimate of drug-likeness (QED) is 0.607. The fraction of sp³-hybridized carbons (Fsp3) is 0.286. The standard InChI is InChI=1S/C11H14O.C10H8BrNO/c1-2-5-10(6-3-1)9-12-11-7-4-8-11;1-6-4-7-8(5-12-6)10(13)3-2-9(7)11/h1-3,5-6,11H,4,7-9H2;2-5,13H,1H3. The van der Waals surface area contributed by atoms with Crippen LogP contribution in [-0.4, -0.2) is 16.2 Å². The lowest BCUT2D eigenvalue weighted by molar-refractivity contribution is -0.00866. The Morgan fingerprint density at radius 2 is 1.88 bits per heavy atom. The first-order chi connectivity index (χ1) is 12.1. The highest BCUT2D eigenvalue weighted by Gasteiger charge is 2.17. The Kier molecular flexibility index (Phi) is 6.05. The molecule has 4 rings (SSSR count). The lowest BCUT2D eigenvalue weighted by Crippen LogP contribution is -2.21. The Bertz CT molecular complexity index is 832. The van der Waals surface area contributed by atoms with Crippen LogP contribution in [0.4, 0.5) is 0 Å². The normalized spacial score (nSPS) is 13.8. The van der Waals surface area contributed by atoms with Gasteiger partial charge in [0.25, 0.3) is 0 Å². The molecule has 3 nitrogen and oxygen atoms in total. The fourth-order valence-corrected chi connectivity index (χ4v) is 3.08. The van der Waals surface area contributed by atoms with Crippen molar-refractivity contribution in [1.29, 1.82) is 0 Å². The molecule has 1 saturated carbocycles. The summed E-state index contributed by atoms with van der Waals surface area (Å²) in [5.74, 6) is 0.269. The highest BCUT2D eigenvalue weighted by molar-refractivity contribution is 9.10. The van der Waals surface area contributed by atoms with Crippen LogP contribution < -0.4 is 0 Å². The molecule has 25 heavy (non-hydrogen) atoms. The van der Waals surface area contributed by atoms with Gasteiger partial charge in [-0.15, -0.1) is 0 Å². The van der Waals surface area contributed by atoms with E-state index in [-0.39, 0.29) is 5.75 Å². The van der Waals surface area contributed by atoms with E-state index in [1.54, 1.807) is 12.3 Å². The van der Waals surface area contributed by atoms with E-state index in [0.717, 1.165) is 27.5 Å². The molecule has 130 valence electrons. The van der Waals surface area contributed by atoms with Gasteiger partial charge in [-0.1, -0.05) is 46.3 Å². The molecule has 0 saturated heterocycles. The molecular formula is C21H22BrNO2. The van der Waals surface area contributed by atoms with Crippen molar-refractivity contribution in [2.24, 2.45) is 0 Å². The fourth-order valence-electron chi connectivity index (χ4n) is 2.62. The summed E-state index contributed by atoms with van der Waals surface area (Å²) in [4.78, 5) is 4.13. The second kappa shape index (κ2) is 8.45. The predicted octanol–water partition coefficient (Wildman–Crippen LogP) is 5.77. The summed E-state index contributed by atoms with van der Waals surface area (Å²) >= 11 is 3.43. The second-order valence-corrected chi connectivity index (χ2v) is 7.14. The molecule has 0 aliphatic heterocycles. The van der Waals surface area contributed by atoms with Crippen LogP contribution in [0.1, 0.15) is 30.5 Å². The minimum Gasteiger partial charge on any atom is -0.507 e. The molecule has 1 fully saturated rings. The molecule has 1 aromatic heterocycles. The lowest BCUT2D eigenvalue weighted by atomic mass is 9.96. The van der Waals surface area contributed by atoms with Gasteiger partial charge in [-0.25, -0.2) is 0 Å². The van der Waals surface area contributed by atoms with Crippen molar-refractivity contribution in [2.45, 2.75) is 38.9 Å². The summed E-state index contributed by atoms with van der Waals surface area (Å²) in [6, 6.07) is 15.8. The van der Waals surface area contributed by atoms with Crippen molar-refractivity contribution in [1.82, 2.24) is 4.98 Å². The number of benzene rings is 2. The van der Waals surface area contributed by atoms with E-state index >= 15 is 0 Å². The number of hydrogen-bond acceptors (Lipinski definition) is 3. The zero-order valence-electron chi connectivity index (χ0n) is 14.3. The molecule has 0 radical (unpaired) electrons. The first kappa shape index (κ1) is 17.9. The first-order valence-electron chi connectivity index (χ1n) is 8.53. The number of nitrogens with zero attached hydrogens (tertiary/aromatic N) is 1. The van der Waals surface area contributed by atoms with Crippen LogP contribution in [0.2, 0.25) is 0 Å². The highest BCUT2D eigenvalue weighted by Crippen LogP contribution is 2.30. The van der Waals surface area contributed by atoms with Crippen LogP contribution in [0.25, 0.3) is 10.8 Å². The van der Waals surface area contributed by atoms with Crippen LogP contribution in [-0.2, 0) is 11.3 Å². The van der Waals surface area contributed by atoms with Crippen LogP contribution >= 0.6 is 15.9 Å². The summed E-state index contributed by atoms with van der Waals surface area (Å²) in [5, 5.41) is 11.3. The van der Waals surface area contributed by atoms with Crippen molar-refractivity contribution < 1.29 is 9.84 Å². The van der Waals surface area contributed by atoms with E-state index in [1.807, 2.05) is 25.1 Å². The Hall–Kier alpha value is -1.91. The van der Waals surface area contributed by atoms with Crippen molar-refractivity contribution in [2.75, 3.05) is 0 Å². The number of aromatic nitrogens is 1. The minimum absolute atomic E-state index is 0.269. The number of phenols is 1. The predicted molar refractivity (Wildman–Crippen MR) is 105 cm³/mol. The third-order valence-corrected chi connectivity index (χ3v) is 5.03. The molecule has 3 aromatic rings. The average molecular weight is 400 g/mol. The molecule has 1 aliphatic rings. The van der Waals surface area contributed by atoms with Gasteiger partial charge in [0.1, 0.15) is 5.75 Å². The molecule has 0 spiro atoms. The van der Waals surface area contributed by atoms with Gasteiger partial charge < -0.3 is 9.84 Å². The van der Waals surface area contributed by atoms with Gasteiger partial charge >= 0.3 is 0 Å². The van der Waals surface area contributed by atoms with Crippen molar-refractivity contribution in [3.05, 3.63) is 70.5 Å². The number of fused-ring (bicyclic) bond motifs is 1. The third-order valence-electron chi connectivity index (χ3n) is 4.34. The summed E-state index contributed by atoms with van der Waals surface area (Å²) in [5.41, 5.74) is 2.23. The zero-order chi connectivity index (χ0) is 17.6. The number of pyridine rings is 1. The van der Waals surface area contributed by atoms with E-state index in [0.29, 0.717) is 6.10 Å². The smallest absolute Gasteiger partial charge is 0.125 e. The number of aryl methyl sites for hydroxylation is 1. The monoisotopic (exact) mass is 399 g/mol. The van der Waals surface area contributed by atoms with Gasteiger partial charge in [-0.3, -0.25) is 4.98 Å². The molecule has 4 heteroatoms. The number of halogens is 1. The molecular weight excluding hydrogens is 378 g/mol. The van der Waals surface area contributed by atoms with Gasteiger partial charge in [0, 0.05) is 27.1 Å². The molecule has 1 N–H and O–H groups in total. The average Bonchev–Trinajstić information content (AvgIpc) is 2.58. The van der Waals surface area contributed by atoms with E-state index in [4.69, 9.17) is 4.74 Å². The Balaban J connectivity index is 0.000000146. The Morgan fingerprint density at radius 3 is 2.56 bits per heavy atom.